The topological polar surface area (TPSA) is 102 Å². The lowest BCUT2D eigenvalue weighted by Gasteiger charge is -2.17. The molecule has 8 nitrogen and oxygen atoms in total. The van der Waals surface area contributed by atoms with Crippen molar-refractivity contribution in [2.24, 2.45) is 0 Å². The van der Waals surface area contributed by atoms with E-state index in [1.807, 2.05) is 0 Å². The van der Waals surface area contributed by atoms with Crippen LogP contribution in [0.1, 0.15) is 30.1 Å². The van der Waals surface area contributed by atoms with E-state index in [9.17, 15) is 19.7 Å². The summed E-state index contributed by atoms with van der Waals surface area (Å²) < 4.78 is 5.05. The second-order valence-electron chi connectivity index (χ2n) is 5.69. The molecule has 2 rings (SSSR count). The number of carbonyl (C=O) groups excluding carboxylic acids is 2. The highest BCUT2D eigenvalue weighted by molar-refractivity contribution is 5.93. The van der Waals surface area contributed by atoms with Gasteiger partial charge in [0, 0.05) is 26.2 Å². The fraction of sp³-hybridized carbons (Fsp3) is 0.467. The zero-order chi connectivity index (χ0) is 17.1. The monoisotopic (exact) mass is 321 g/mol. The van der Waals surface area contributed by atoms with E-state index in [2.05, 4.69) is 5.32 Å². The first-order valence-electron chi connectivity index (χ1n) is 7.26. The van der Waals surface area contributed by atoms with Crippen molar-refractivity contribution in [3.05, 3.63) is 33.9 Å². The van der Waals surface area contributed by atoms with E-state index in [1.165, 1.54) is 30.0 Å². The van der Waals surface area contributed by atoms with Crippen molar-refractivity contribution >= 4 is 23.3 Å². The third-order valence-electron chi connectivity index (χ3n) is 3.44. The number of likely N-dealkylation sites (N-methyl/N-ethyl adjacent to an activating group) is 1. The summed E-state index contributed by atoms with van der Waals surface area (Å²) in [5.41, 5.74) is 0.237. The van der Waals surface area contributed by atoms with Gasteiger partial charge >= 0.3 is 5.97 Å². The molecule has 1 aliphatic carbocycles. The van der Waals surface area contributed by atoms with Crippen LogP contribution >= 0.6 is 0 Å². The minimum atomic E-state index is -0.958. The van der Waals surface area contributed by atoms with Gasteiger partial charge in [-0.25, -0.2) is 4.79 Å². The molecule has 0 aliphatic heterocycles. The van der Waals surface area contributed by atoms with Crippen LogP contribution < -0.4 is 5.32 Å². The first-order valence-corrected chi connectivity index (χ1v) is 7.26. The average molecular weight is 321 g/mol. The van der Waals surface area contributed by atoms with Crippen molar-refractivity contribution in [1.82, 2.24) is 4.90 Å². The molecule has 1 atom stereocenters. The lowest BCUT2D eigenvalue weighted by Crippen LogP contribution is -2.34. The number of nitro benzene ring substituents is 1. The normalized spacial score (nSPS) is 14.7. The van der Waals surface area contributed by atoms with Crippen molar-refractivity contribution in [2.75, 3.05) is 19.4 Å². The molecule has 1 N–H and O–H groups in total. The quantitative estimate of drug-likeness (QED) is 0.487. The summed E-state index contributed by atoms with van der Waals surface area (Å²) in [6.07, 6.45) is 0.997. The second kappa shape index (κ2) is 6.64. The van der Waals surface area contributed by atoms with E-state index in [4.69, 9.17) is 4.74 Å². The summed E-state index contributed by atoms with van der Waals surface area (Å²) in [4.78, 5) is 35.7. The summed E-state index contributed by atoms with van der Waals surface area (Å²) in [6.45, 7) is 1.46. The largest absolute Gasteiger partial charge is 0.449 e. The van der Waals surface area contributed by atoms with Gasteiger partial charge in [-0.15, -0.1) is 0 Å². The number of amides is 1. The number of nitro groups is 1. The van der Waals surface area contributed by atoms with Gasteiger partial charge in [0.25, 0.3) is 11.6 Å². The number of nitrogens with zero attached hydrogens (tertiary/aromatic N) is 2. The van der Waals surface area contributed by atoms with E-state index in [1.54, 1.807) is 14.1 Å². The van der Waals surface area contributed by atoms with Gasteiger partial charge < -0.3 is 15.0 Å². The molecule has 0 radical (unpaired) electrons. The maximum atomic E-state index is 12.1. The molecule has 1 aromatic rings. The molecule has 1 saturated carbocycles. The predicted octanol–water partition coefficient (Wildman–Crippen LogP) is 1.80. The molecule has 0 saturated heterocycles. The van der Waals surface area contributed by atoms with Crippen LogP contribution in [0.25, 0.3) is 0 Å². The SMILES string of the molecule is CC(OC(=O)c1ccc(NC2CC2)c([N+](=O)[O-])c1)C(=O)N(C)C. The fourth-order valence-electron chi connectivity index (χ4n) is 2.02. The summed E-state index contributed by atoms with van der Waals surface area (Å²) in [5, 5.41) is 14.2. The molecule has 0 bridgehead atoms. The number of hydrogen-bond acceptors (Lipinski definition) is 6. The number of esters is 1. The Bertz CT molecular complexity index is 640. The molecular formula is C15H19N3O5. The minimum absolute atomic E-state index is 0.0384. The third kappa shape index (κ3) is 4.18. The lowest BCUT2D eigenvalue weighted by molar-refractivity contribution is -0.384. The molecular weight excluding hydrogens is 302 g/mol. The van der Waals surface area contributed by atoms with E-state index in [0.717, 1.165) is 12.8 Å². The number of ether oxygens (including phenoxy) is 1. The lowest BCUT2D eigenvalue weighted by atomic mass is 10.1. The molecule has 1 fully saturated rings. The number of hydrogen-bond donors (Lipinski definition) is 1. The molecule has 1 aliphatic rings. The Kier molecular flexibility index (Phi) is 4.83. The Hall–Kier alpha value is -2.64. The molecule has 0 heterocycles. The summed E-state index contributed by atoms with van der Waals surface area (Å²) >= 11 is 0. The Labute approximate surface area is 133 Å². The summed E-state index contributed by atoms with van der Waals surface area (Å²) in [6, 6.07) is 4.36. The Morgan fingerprint density at radius 2 is 2.04 bits per heavy atom. The highest BCUT2D eigenvalue weighted by atomic mass is 16.6. The van der Waals surface area contributed by atoms with Crippen LogP contribution in [-0.4, -0.2) is 47.9 Å². The van der Waals surface area contributed by atoms with Crippen molar-refractivity contribution in [2.45, 2.75) is 31.9 Å². The zero-order valence-corrected chi connectivity index (χ0v) is 13.2. The molecule has 23 heavy (non-hydrogen) atoms. The average Bonchev–Trinajstić information content (AvgIpc) is 3.30. The van der Waals surface area contributed by atoms with Crippen LogP contribution in [0.2, 0.25) is 0 Å². The Morgan fingerprint density at radius 1 is 1.39 bits per heavy atom. The van der Waals surface area contributed by atoms with Crippen molar-refractivity contribution in [1.29, 1.82) is 0 Å². The number of benzene rings is 1. The first-order chi connectivity index (χ1) is 10.8. The highest BCUT2D eigenvalue weighted by Crippen LogP contribution is 2.31. The van der Waals surface area contributed by atoms with E-state index >= 15 is 0 Å². The molecule has 1 unspecified atom stereocenters. The maximum Gasteiger partial charge on any atom is 0.339 e. The van der Waals surface area contributed by atoms with Crippen LogP contribution in [0.3, 0.4) is 0 Å². The van der Waals surface area contributed by atoms with Crippen LogP contribution in [-0.2, 0) is 9.53 Å². The summed E-state index contributed by atoms with van der Waals surface area (Å²) in [7, 11) is 3.10. The van der Waals surface area contributed by atoms with Gasteiger partial charge in [0.05, 0.1) is 10.5 Å². The second-order valence-corrected chi connectivity index (χ2v) is 5.69. The number of carbonyl (C=O) groups is 2. The number of rotatable bonds is 6. The van der Waals surface area contributed by atoms with E-state index in [0.29, 0.717) is 5.69 Å². The van der Waals surface area contributed by atoms with Gasteiger partial charge in [0.2, 0.25) is 0 Å². The molecule has 8 heteroatoms. The van der Waals surface area contributed by atoms with Crippen molar-refractivity contribution in [3.8, 4) is 0 Å². The maximum absolute atomic E-state index is 12.1. The molecule has 0 spiro atoms. The highest BCUT2D eigenvalue weighted by Gasteiger charge is 2.26. The molecule has 124 valence electrons. The number of anilines is 1. The van der Waals surface area contributed by atoms with Gasteiger partial charge in [-0.3, -0.25) is 14.9 Å². The van der Waals surface area contributed by atoms with Crippen LogP contribution in [0, 0.1) is 10.1 Å². The Morgan fingerprint density at radius 3 is 2.57 bits per heavy atom. The minimum Gasteiger partial charge on any atom is -0.449 e. The Balaban J connectivity index is 2.15. The van der Waals surface area contributed by atoms with Crippen molar-refractivity contribution in [3.63, 3.8) is 0 Å². The van der Waals surface area contributed by atoms with Crippen molar-refractivity contribution < 1.29 is 19.2 Å². The van der Waals surface area contributed by atoms with Crippen LogP contribution in [0.5, 0.6) is 0 Å². The first kappa shape index (κ1) is 16.7. The third-order valence-corrected chi connectivity index (χ3v) is 3.44. The van der Waals surface area contributed by atoms with Gasteiger partial charge in [-0.05, 0) is 31.9 Å². The van der Waals surface area contributed by atoms with E-state index < -0.39 is 17.0 Å². The van der Waals surface area contributed by atoms with Gasteiger partial charge in [0.15, 0.2) is 6.10 Å². The molecule has 1 aromatic carbocycles. The van der Waals surface area contributed by atoms with Crippen LogP contribution in [0.15, 0.2) is 18.2 Å². The fourth-order valence-corrected chi connectivity index (χ4v) is 2.02. The smallest absolute Gasteiger partial charge is 0.339 e. The zero-order valence-electron chi connectivity index (χ0n) is 13.2. The standard InChI is InChI=1S/C15H19N3O5/c1-9(14(19)17(2)3)23-15(20)10-4-7-12(16-11-5-6-11)13(8-10)18(21)22/h4,7-9,11,16H,5-6H2,1-3H3. The molecule has 1 amide bonds. The molecule has 0 aromatic heterocycles. The van der Waals surface area contributed by atoms with Gasteiger partial charge in [0.1, 0.15) is 5.69 Å². The van der Waals surface area contributed by atoms with Crippen LogP contribution in [0.4, 0.5) is 11.4 Å². The predicted molar refractivity (Wildman–Crippen MR) is 83.3 cm³/mol. The number of nitrogens with one attached hydrogen (secondary N) is 1. The summed E-state index contributed by atoms with van der Waals surface area (Å²) in [5.74, 6) is -1.13. The van der Waals surface area contributed by atoms with Gasteiger partial charge in [-0.1, -0.05) is 0 Å². The van der Waals surface area contributed by atoms with E-state index in [-0.39, 0.29) is 23.2 Å². The van der Waals surface area contributed by atoms with Gasteiger partial charge in [-0.2, -0.15) is 0 Å².